The molecule has 0 amide bonds. The number of hydrogen-bond donors (Lipinski definition) is 2. The predicted molar refractivity (Wildman–Crippen MR) is 65.9 cm³/mol. The van der Waals surface area contributed by atoms with E-state index < -0.39 is 10.9 Å². The lowest BCUT2D eigenvalue weighted by Crippen LogP contribution is -2.05. The number of aromatic nitrogens is 1. The third-order valence-corrected chi connectivity index (χ3v) is 2.44. The summed E-state index contributed by atoms with van der Waals surface area (Å²) in [7, 11) is 0. The monoisotopic (exact) mass is 273 g/mol. The van der Waals surface area contributed by atoms with E-state index in [0.717, 1.165) is 6.20 Å². The van der Waals surface area contributed by atoms with Crippen molar-refractivity contribution in [3.63, 3.8) is 0 Å². The van der Waals surface area contributed by atoms with Crippen LogP contribution in [-0.4, -0.2) is 27.5 Å². The summed E-state index contributed by atoms with van der Waals surface area (Å²) in [6.45, 7) is 0.512. The predicted octanol–water partition coefficient (Wildman–Crippen LogP) is 2.31. The molecule has 0 saturated heterocycles. The lowest BCUT2D eigenvalue weighted by Gasteiger charge is -2.06. The molecule has 98 valence electrons. The molecule has 1 aromatic rings. The average Bonchev–Trinajstić information content (AvgIpc) is 2.29. The molecule has 2 N–H and O–H groups in total. The topological polar surface area (TPSA) is 105 Å². The Morgan fingerprint density at radius 3 is 2.83 bits per heavy atom. The van der Waals surface area contributed by atoms with Gasteiger partial charge in [-0.25, -0.2) is 4.98 Å². The van der Waals surface area contributed by atoms with E-state index in [9.17, 15) is 14.9 Å². The smallest absolute Gasteiger partial charge is 0.303 e. The maximum Gasteiger partial charge on any atom is 0.303 e. The summed E-state index contributed by atoms with van der Waals surface area (Å²) in [6.07, 6.45) is 2.43. The van der Waals surface area contributed by atoms with Crippen molar-refractivity contribution in [3.05, 3.63) is 27.4 Å². The fourth-order valence-corrected chi connectivity index (χ4v) is 1.49. The van der Waals surface area contributed by atoms with E-state index in [4.69, 9.17) is 16.7 Å². The van der Waals surface area contributed by atoms with Gasteiger partial charge in [0.2, 0.25) is 0 Å². The first-order valence-corrected chi connectivity index (χ1v) is 5.64. The number of carboxylic acids is 1. The number of unbranched alkanes of at least 4 members (excludes halogenated alkanes) is 1. The van der Waals surface area contributed by atoms with Crippen LogP contribution in [0.4, 0.5) is 11.5 Å². The fourth-order valence-electron chi connectivity index (χ4n) is 1.27. The molecule has 0 aromatic carbocycles. The second-order valence-electron chi connectivity index (χ2n) is 3.56. The minimum atomic E-state index is -0.832. The van der Waals surface area contributed by atoms with Gasteiger partial charge in [0.1, 0.15) is 12.0 Å². The number of aliphatic carboxylic acids is 1. The van der Waals surface area contributed by atoms with Crippen molar-refractivity contribution in [1.29, 1.82) is 0 Å². The Morgan fingerprint density at radius 1 is 1.56 bits per heavy atom. The van der Waals surface area contributed by atoms with Crippen molar-refractivity contribution < 1.29 is 14.8 Å². The summed E-state index contributed by atoms with van der Waals surface area (Å²) in [5.41, 5.74) is -0.170. The van der Waals surface area contributed by atoms with Crippen LogP contribution in [0.5, 0.6) is 0 Å². The summed E-state index contributed by atoms with van der Waals surface area (Å²) in [6, 6.07) is 1.22. The standard InChI is InChI=1S/C10H12ClN3O4/c11-8-5-7(14(17)18)6-13-10(8)12-4-2-1-3-9(15)16/h5-6H,1-4H2,(H,12,13)(H,15,16). The molecule has 1 rings (SSSR count). The van der Waals surface area contributed by atoms with Gasteiger partial charge in [-0.15, -0.1) is 0 Å². The van der Waals surface area contributed by atoms with Gasteiger partial charge in [0.05, 0.1) is 9.95 Å². The Morgan fingerprint density at radius 2 is 2.28 bits per heavy atom. The lowest BCUT2D eigenvalue weighted by molar-refractivity contribution is -0.385. The maximum absolute atomic E-state index is 10.5. The van der Waals surface area contributed by atoms with Gasteiger partial charge in [0.25, 0.3) is 5.69 Å². The molecule has 1 heterocycles. The minimum absolute atomic E-state index is 0.114. The maximum atomic E-state index is 10.5. The molecule has 0 saturated carbocycles. The molecule has 0 spiro atoms. The second kappa shape index (κ2) is 6.75. The molecule has 1 aromatic heterocycles. The van der Waals surface area contributed by atoms with E-state index >= 15 is 0 Å². The molecular formula is C10H12ClN3O4. The largest absolute Gasteiger partial charge is 0.481 e. The Balaban J connectivity index is 2.43. The highest BCUT2D eigenvalue weighted by atomic mass is 35.5. The average molecular weight is 274 g/mol. The van der Waals surface area contributed by atoms with Crippen LogP contribution in [0.15, 0.2) is 12.3 Å². The molecule has 0 radical (unpaired) electrons. The molecule has 0 unspecified atom stereocenters. The van der Waals surface area contributed by atoms with Gasteiger partial charge in [0, 0.05) is 19.0 Å². The van der Waals surface area contributed by atoms with Crippen molar-refractivity contribution in [3.8, 4) is 0 Å². The van der Waals surface area contributed by atoms with Crippen LogP contribution in [0.25, 0.3) is 0 Å². The minimum Gasteiger partial charge on any atom is -0.481 e. The van der Waals surface area contributed by atoms with Crippen LogP contribution < -0.4 is 5.32 Å². The zero-order chi connectivity index (χ0) is 13.5. The number of anilines is 1. The number of pyridine rings is 1. The van der Waals surface area contributed by atoms with Crippen LogP contribution in [0.1, 0.15) is 19.3 Å². The van der Waals surface area contributed by atoms with Gasteiger partial charge < -0.3 is 10.4 Å². The second-order valence-corrected chi connectivity index (χ2v) is 3.97. The first kappa shape index (κ1) is 14.2. The van der Waals surface area contributed by atoms with Crippen molar-refractivity contribution in [2.24, 2.45) is 0 Å². The highest BCUT2D eigenvalue weighted by molar-refractivity contribution is 6.33. The zero-order valence-electron chi connectivity index (χ0n) is 9.43. The number of rotatable bonds is 7. The van der Waals surface area contributed by atoms with Crippen LogP contribution in [0.2, 0.25) is 5.02 Å². The Hall–Kier alpha value is -1.89. The number of carboxylic acid groups (broad SMARTS) is 1. The number of carbonyl (C=O) groups is 1. The molecule has 0 aliphatic rings. The summed E-state index contributed by atoms with van der Waals surface area (Å²) in [5.74, 6) is -0.473. The van der Waals surface area contributed by atoms with Crippen LogP contribution in [0.3, 0.4) is 0 Å². The quantitative estimate of drug-likeness (QED) is 0.449. The molecule has 0 fully saturated rings. The molecule has 0 aliphatic carbocycles. The van der Waals surface area contributed by atoms with Gasteiger partial charge >= 0.3 is 5.97 Å². The normalized spacial score (nSPS) is 10.1. The van der Waals surface area contributed by atoms with E-state index in [1.165, 1.54) is 6.07 Å². The van der Waals surface area contributed by atoms with Crippen molar-refractivity contribution in [2.45, 2.75) is 19.3 Å². The number of halogens is 1. The van der Waals surface area contributed by atoms with E-state index in [0.29, 0.717) is 25.2 Å². The summed E-state index contributed by atoms with van der Waals surface area (Å²) >= 11 is 5.81. The van der Waals surface area contributed by atoms with Crippen LogP contribution in [0, 0.1) is 10.1 Å². The Labute approximate surface area is 108 Å². The molecule has 8 heteroatoms. The third kappa shape index (κ3) is 4.54. The number of nitrogens with zero attached hydrogens (tertiary/aromatic N) is 2. The molecule has 18 heavy (non-hydrogen) atoms. The molecule has 0 atom stereocenters. The molecule has 0 bridgehead atoms. The van der Waals surface area contributed by atoms with Gasteiger partial charge in [-0.3, -0.25) is 14.9 Å². The van der Waals surface area contributed by atoms with E-state index in [1.807, 2.05) is 0 Å². The lowest BCUT2D eigenvalue weighted by atomic mass is 10.2. The van der Waals surface area contributed by atoms with E-state index in [-0.39, 0.29) is 17.1 Å². The van der Waals surface area contributed by atoms with Crippen molar-refractivity contribution in [2.75, 3.05) is 11.9 Å². The van der Waals surface area contributed by atoms with E-state index in [2.05, 4.69) is 10.3 Å². The first-order chi connectivity index (χ1) is 8.50. The summed E-state index contributed by atoms with van der Waals surface area (Å²) < 4.78 is 0. The molecule has 0 aliphatic heterocycles. The summed E-state index contributed by atoms with van der Waals surface area (Å²) in [4.78, 5) is 24.0. The Kier molecular flexibility index (Phi) is 5.31. The highest BCUT2D eigenvalue weighted by Gasteiger charge is 2.10. The SMILES string of the molecule is O=C(O)CCCCNc1ncc([N+](=O)[O-])cc1Cl. The number of nitrogens with one attached hydrogen (secondary N) is 1. The van der Waals surface area contributed by atoms with Crippen molar-refractivity contribution in [1.82, 2.24) is 4.98 Å². The zero-order valence-corrected chi connectivity index (χ0v) is 10.2. The first-order valence-electron chi connectivity index (χ1n) is 5.26. The van der Waals surface area contributed by atoms with Gasteiger partial charge in [-0.05, 0) is 12.8 Å². The Bertz CT molecular complexity index is 453. The summed E-state index contributed by atoms with van der Waals surface area (Å²) in [5, 5.41) is 22.0. The molecule has 7 nitrogen and oxygen atoms in total. The van der Waals surface area contributed by atoms with Gasteiger partial charge in [0.15, 0.2) is 0 Å². The van der Waals surface area contributed by atoms with Crippen LogP contribution >= 0.6 is 11.6 Å². The third-order valence-electron chi connectivity index (χ3n) is 2.15. The van der Waals surface area contributed by atoms with Crippen LogP contribution in [-0.2, 0) is 4.79 Å². The van der Waals surface area contributed by atoms with E-state index in [1.54, 1.807) is 0 Å². The highest BCUT2D eigenvalue weighted by Crippen LogP contribution is 2.23. The van der Waals surface area contributed by atoms with Gasteiger partial charge in [-0.2, -0.15) is 0 Å². The number of nitro groups is 1. The number of hydrogen-bond acceptors (Lipinski definition) is 5. The molecular weight excluding hydrogens is 262 g/mol. The fraction of sp³-hybridized carbons (Fsp3) is 0.400. The van der Waals surface area contributed by atoms with Crippen molar-refractivity contribution >= 4 is 29.1 Å². The van der Waals surface area contributed by atoms with Gasteiger partial charge in [-0.1, -0.05) is 11.6 Å².